The lowest BCUT2D eigenvalue weighted by molar-refractivity contribution is -0.172. The van der Waals surface area contributed by atoms with Gasteiger partial charge in [0.1, 0.15) is 0 Å². The summed E-state index contributed by atoms with van der Waals surface area (Å²) < 4.78 is 8.80. The average Bonchev–Trinajstić information content (AvgIpc) is 2.02. The topological polar surface area (TPSA) is 69.7 Å². The van der Waals surface area contributed by atoms with E-state index < -0.39 is 24.0 Å². The fourth-order valence-corrected chi connectivity index (χ4v) is 0.553. The van der Waals surface area contributed by atoms with E-state index in [0.29, 0.717) is 0 Å². The van der Waals surface area contributed by atoms with Crippen LogP contribution >= 0.6 is 0 Å². The molecule has 1 unspecified atom stereocenters. The molecular weight excluding hydrogens is 176 g/mol. The van der Waals surface area contributed by atoms with E-state index in [2.05, 4.69) is 9.47 Å². The molecule has 0 rings (SSSR count). The molecule has 0 saturated heterocycles. The second-order valence-electron chi connectivity index (χ2n) is 2.40. The lowest BCUT2D eigenvalue weighted by Gasteiger charge is -2.09. The van der Waals surface area contributed by atoms with Crippen molar-refractivity contribution in [2.24, 2.45) is 0 Å². The largest absolute Gasteiger partial charge is 0.451 e. The van der Waals surface area contributed by atoms with Gasteiger partial charge < -0.3 is 9.47 Å². The lowest BCUT2D eigenvalue weighted by Crippen LogP contribution is -2.27. The van der Waals surface area contributed by atoms with Crippen LogP contribution in [0.2, 0.25) is 0 Å². The molecule has 5 nitrogen and oxygen atoms in total. The van der Waals surface area contributed by atoms with Gasteiger partial charge in [-0.15, -0.1) is 0 Å². The van der Waals surface area contributed by atoms with Gasteiger partial charge in [0.2, 0.25) is 0 Å². The van der Waals surface area contributed by atoms with E-state index >= 15 is 0 Å². The van der Waals surface area contributed by atoms with Gasteiger partial charge >= 0.3 is 17.9 Å². The predicted molar refractivity (Wildman–Crippen MR) is 42.6 cm³/mol. The molecule has 0 aromatic rings. The van der Waals surface area contributed by atoms with Crippen LogP contribution in [-0.4, -0.2) is 24.0 Å². The van der Waals surface area contributed by atoms with Gasteiger partial charge in [-0.2, -0.15) is 0 Å². The minimum Gasteiger partial charge on any atom is -0.451 e. The Kier molecular flexibility index (Phi) is 4.72. The fraction of sp³-hybridized carbons (Fsp3) is 0.625. The number of rotatable bonds is 3. The maximum atomic E-state index is 10.9. The molecule has 0 spiro atoms. The predicted octanol–water partition coefficient (Wildman–Crippen LogP) is 0.418. The average molecular weight is 188 g/mol. The number of ether oxygens (including phenoxy) is 2. The maximum absolute atomic E-state index is 10.9. The summed E-state index contributed by atoms with van der Waals surface area (Å²) in [4.78, 5) is 31.9. The Morgan fingerprint density at radius 1 is 1.31 bits per heavy atom. The van der Waals surface area contributed by atoms with Gasteiger partial charge in [-0.1, -0.05) is 6.92 Å². The Labute approximate surface area is 76.0 Å². The van der Waals surface area contributed by atoms with Gasteiger partial charge in [-0.25, -0.2) is 4.79 Å². The van der Waals surface area contributed by atoms with Crippen molar-refractivity contribution in [2.45, 2.75) is 33.3 Å². The van der Waals surface area contributed by atoms with Crippen LogP contribution in [-0.2, 0) is 23.9 Å². The number of hydrogen-bond donors (Lipinski definition) is 0. The highest BCUT2D eigenvalue weighted by atomic mass is 16.6. The molecule has 0 aliphatic heterocycles. The molecule has 5 heteroatoms. The van der Waals surface area contributed by atoms with Gasteiger partial charge in [0.05, 0.1) is 0 Å². The number of carbonyl (C=O) groups excluding carboxylic acids is 3. The molecule has 0 fully saturated rings. The van der Waals surface area contributed by atoms with Crippen molar-refractivity contribution >= 4 is 17.9 Å². The number of esters is 3. The first-order chi connectivity index (χ1) is 5.97. The third kappa shape index (κ3) is 4.95. The van der Waals surface area contributed by atoms with E-state index in [0.717, 1.165) is 6.92 Å². The molecule has 0 saturated carbocycles. The lowest BCUT2D eigenvalue weighted by atomic mass is 10.4. The Bertz CT molecular complexity index is 221. The molecule has 1 atom stereocenters. The quantitative estimate of drug-likeness (QED) is 0.474. The fourth-order valence-electron chi connectivity index (χ4n) is 0.553. The van der Waals surface area contributed by atoms with Gasteiger partial charge in [-0.05, 0) is 6.92 Å². The van der Waals surface area contributed by atoms with Crippen molar-refractivity contribution in [3.63, 3.8) is 0 Å². The summed E-state index contributed by atoms with van der Waals surface area (Å²) in [6.45, 7) is 4.05. The summed E-state index contributed by atoms with van der Waals surface area (Å²) in [5, 5.41) is 0. The molecule has 0 radical (unpaired) electrons. The van der Waals surface area contributed by atoms with E-state index in [4.69, 9.17) is 0 Å². The van der Waals surface area contributed by atoms with E-state index in [1.807, 2.05) is 0 Å². The summed E-state index contributed by atoms with van der Waals surface area (Å²) in [5.41, 5.74) is 0. The smallest absolute Gasteiger partial charge is 0.354 e. The molecule has 0 bridgehead atoms. The second-order valence-corrected chi connectivity index (χ2v) is 2.40. The van der Waals surface area contributed by atoms with Gasteiger partial charge in [0.25, 0.3) is 0 Å². The first-order valence-corrected chi connectivity index (χ1v) is 3.89. The van der Waals surface area contributed by atoms with Crippen LogP contribution in [0.1, 0.15) is 27.2 Å². The van der Waals surface area contributed by atoms with Crippen molar-refractivity contribution in [3.05, 3.63) is 0 Å². The van der Waals surface area contributed by atoms with Crippen molar-refractivity contribution in [1.82, 2.24) is 0 Å². The first-order valence-electron chi connectivity index (χ1n) is 3.89. The van der Waals surface area contributed by atoms with Gasteiger partial charge in [0, 0.05) is 13.3 Å². The van der Waals surface area contributed by atoms with Crippen LogP contribution in [0, 0.1) is 0 Å². The number of hydrogen-bond acceptors (Lipinski definition) is 5. The Morgan fingerprint density at radius 3 is 2.23 bits per heavy atom. The third-order valence-electron chi connectivity index (χ3n) is 1.17. The molecule has 13 heavy (non-hydrogen) atoms. The molecule has 0 N–H and O–H groups in total. The minimum atomic E-state index is -1.03. The summed E-state index contributed by atoms with van der Waals surface area (Å²) in [6, 6.07) is 0. The van der Waals surface area contributed by atoms with E-state index in [1.165, 1.54) is 6.92 Å². The molecule has 0 aromatic carbocycles. The van der Waals surface area contributed by atoms with Crippen molar-refractivity contribution < 1.29 is 23.9 Å². The standard InChI is InChI=1S/C8H12O5/c1-4-7(10)12-5(2)8(11)13-6(3)9/h5H,4H2,1-3H3. The van der Waals surface area contributed by atoms with Crippen LogP contribution in [0.4, 0.5) is 0 Å². The van der Waals surface area contributed by atoms with Crippen LogP contribution in [0.3, 0.4) is 0 Å². The molecule has 0 aromatic heterocycles. The highest BCUT2D eigenvalue weighted by Crippen LogP contribution is 1.97. The normalized spacial score (nSPS) is 11.6. The zero-order valence-electron chi connectivity index (χ0n) is 7.83. The van der Waals surface area contributed by atoms with E-state index in [-0.39, 0.29) is 6.42 Å². The highest BCUT2D eigenvalue weighted by molar-refractivity contribution is 5.87. The van der Waals surface area contributed by atoms with E-state index in [1.54, 1.807) is 6.92 Å². The van der Waals surface area contributed by atoms with Crippen LogP contribution in [0.25, 0.3) is 0 Å². The zero-order valence-corrected chi connectivity index (χ0v) is 7.83. The summed E-state index contributed by atoms with van der Waals surface area (Å²) >= 11 is 0. The summed E-state index contributed by atoms with van der Waals surface area (Å²) in [7, 11) is 0. The van der Waals surface area contributed by atoms with Crippen molar-refractivity contribution in [2.75, 3.05) is 0 Å². The highest BCUT2D eigenvalue weighted by Gasteiger charge is 2.19. The molecule has 0 aliphatic rings. The van der Waals surface area contributed by atoms with E-state index in [9.17, 15) is 14.4 Å². The SMILES string of the molecule is CCC(=O)OC(C)C(=O)OC(C)=O. The Hall–Kier alpha value is -1.39. The number of carbonyl (C=O) groups is 3. The van der Waals surface area contributed by atoms with Crippen LogP contribution in [0.5, 0.6) is 0 Å². The minimum absolute atomic E-state index is 0.178. The van der Waals surface area contributed by atoms with Gasteiger partial charge in [0.15, 0.2) is 6.10 Å². The van der Waals surface area contributed by atoms with Crippen LogP contribution in [0.15, 0.2) is 0 Å². The monoisotopic (exact) mass is 188 g/mol. The Morgan fingerprint density at radius 2 is 1.85 bits per heavy atom. The third-order valence-corrected chi connectivity index (χ3v) is 1.17. The molecule has 0 aliphatic carbocycles. The van der Waals surface area contributed by atoms with Crippen molar-refractivity contribution in [1.29, 1.82) is 0 Å². The van der Waals surface area contributed by atoms with Crippen molar-refractivity contribution in [3.8, 4) is 0 Å². The molecule has 0 heterocycles. The first kappa shape index (κ1) is 11.6. The zero-order chi connectivity index (χ0) is 10.4. The van der Waals surface area contributed by atoms with Gasteiger partial charge in [-0.3, -0.25) is 9.59 Å². The molecule has 74 valence electrons. The molecular formula is C8H12O5. The molecule has 0 amide bonds. The summed E-state index contributed by atoms with van der Waals surface area (Å²) in [6.07, 6.45) is -0.853. The van der Waals surface area contributed by atoms with Crippen LogP contribution < -0.4 is 0 Å². The summed E-state index contributed by atoms with van der Waals surface area (Å²) in [5.74, 6) is -2.08. The maximum Gasteiger partial charge on any atom is 0.354 e. The second kappa shape index (κ2) is 5.29. The Balaban J connectivity index is 3.96.